The molecule has 3 N–H and O–H groups in total. The fourth-order valence-electron chi connectivity index (χ4n) is 5.50. The largest absolute Gasteiger partial charge is 0.345 e. The highest BCUT2D eigenvalue weighted by Gasteiger charge is 2.41. The second-order valence-corrected chi connectivity index (χ2v) is 11.5. The van der Waals surface area contributed by atoms with Gasteiger partial charge in [0.2, 0.25) is 17.7 Å². The topological polar surface area (TPSA) is 107 Å². The van der Waals surface area contributed by atoms with Gasteiger partial charge in [0.1, 0.15) is 23.5 Å². The lowest BCUT2D eigenvalue weighted by Gasteiger charge is -2.42. The number of nitrogens with zero attached hydrogens (tertiary/aromatic N) is 2. The van der Waals surface area contributed by atoms with Crippen LogP contribution in [0.4, 0.5) is 8.78 Å². The average molecular weight is 530 g/mol. The van der Waals surface area contributed by atoms with Crippen LogP contribution < -0.4 is 10.6 Å². The molecule has 8 nitrogen and oxygen atoms in total. The van der Waals surface area contributed by atoms with Crippen molar-refractivity contribution in [3.05, 3.63) is 41.9 Å². The summed E-state index contributed by atoms with van der Waals surface area (Å²) in [4.78, 5) is 48.4. The summed E-state index contributed by atoms with van der Waals surface area (Å²) in [5.74, 6) is -2.11. The average Bonchev–Trinajstić information content (AvgIpc) is 3.32. The van der Waals surface area contributed by atoms with Crippen molar-refractivity contribution in [2.75, 3.05) is 6.54 Å². The molecule has 0 bridgehead atoms. The van der Waals surface area contributed by atoms with E-state index in [9.17, 15) is 23.2 Å². The Bertz CT molecular complexity index is 1190. The highest BCUT2D eigenvalue weighted by Crippen LogP contribution is 2.44. The number of benzene rings is 1. The Morgan fingerprint density at radius 1 is 1.18 bits per heavy atom. The van der Waals surface area contributed by atoms with E-state index >= 15 is 0 Å². The lowest BCUT2D eigenvalue weighted by atomic mass is 9.64. The third-order valence-electron chi connectivity index (χ3n) is 7.69. The Morgan fingerprint density at radius 3 is 2.58 bits per heavy atom. The van der Waals surface area contributed by atoms with Crippen molar-refractivity contribution in [2.24, 2.45) is 11.3 Å². The summed E-state index contributed by atoms with van der Waals surface area (Å²) in [6, 6.07) is 1.70. The predicted molar refractivity (Wildman–Crippen MR) is 139 cm³/mol. The third-order valence-corrected chi connectivity index (χ3v) is 7.69. The van der Waals surface area contributed by atoms with Crippen LogP contribution in [0.5, 0.6) is 0 Å². The number of amides is 3. The summed E-state index contributed by atoms with van der Waals surface area (Å²) in [6.07, 6.45) is 5.64. The van der Waals surface area contributed by atoms with Crippen molar-refractivity contribution in [3.8, 4) is 11.3 Å². The van der Waals surface area contributed by atoms with Gasteiger partial charge in [-0.05, 0) is 63.5 Å². The molecule has 2 aliphatic rings. The van der Waals surface area contributed by atoms with Gasteiger partial charge >= 0.3 is 0 Å². The Labute approximate surface area is 222 Å². The first-order chi connectivity index (χ1) is 17.9. The Kier molecular flexibility index (Phi) is 8.18. The number of aromatic amines is 1. The molecule has 1 aliphatic heterocycles. The molecule has 1 aliphatic carbocycles. The maximum Gasteiger partial charge on any atom is 0.243 e. The molecule has 38 heavy (non-hydrogen) atoms. The highest BCUT2D eigenvalue weighted by atomic mass is 19.1. The number of rotatable bonds is 8. The van der Waals surface area contributed by atoms with Gasteiger partial charge in [-0.15, -0.1) is 0 Å². The van der Waals surface area contributed by atoms with Gasteiger partial charge in [-0.3, -0.25) is 14.4 Å². The number of piperidine rings is 1. The van der Waals surface area contributed by atoms with Gasteiger partial charge in [-0.1, -0.05) is 13.8 Å². The zero-order valence-corrected chi connectivity index (χ0v) is 22.4. The molecular formula is C28H37F2N5O3. The maximum atomic E-state index is 14.2. The minimum Gasteiger partial charge on any atom is -0.345 e. The third kappa shape index (κ3) is 6.39. The van der Waals surface area contributed by atoms with Crippen LogP contribution >= 0.6 is 0 Å². The zero-order chi connectivity index (χ0) is 27.6. The lowest BCUT2D eigenvalue weighted by molar-refractivity contribution is -0.140. The Hall–Kier alpha value is -3.30. The van der Waals surface area contributed by atoms with Gasteiger partial charge < -0.3 is 20.5 Å². The van der Waals surface area contributed by atoms with E-state index in [1.54, 1.807) is 11.8 Å². The van der Waals surface area contributed by atoms with Crippen LogP contribution in [0.3, 0.4) is 0 Å². The number of likely N-dealkylation sites (tertiary alicyclic amines) is 1. The smallest absolute Gasteiger partial charge is 0.243 e. The molecule has 1 aromatic carbocycles. The molecule has 2 fully saturated rings. The quantitative estimate of drug-likeness (QED) is 0.475. The van der Waals surface area contributed by atoms with E-state index in [0.717, 1.165) is 44.2 Å². The molecule has 3 atom stereocenters. The van der Waals surface area contributed by atoms with Crippen molar-refractivity contribution in [1.29, 1.82) is 0 Å². The molecule has 0 spiro atoms. The first-order valence-corrected chi connectivity index (χ1v) is 13.3. The van der Waals surface area contributed by atoms with Crippen LogP contribution in [0.1, 0.15) is 78.1 Å². The van der Waals surface area contributed by atoms with Gasteiger partial charge in [-0.2, -0.15) is 0 Å². The number of halogens is 2. The molecule has 206 valence electrons. The van der Waals surface area contributed by atoms with E-state index in [0.29, 0.717) is 18.1 Å². The predicted octanol–water partition coefficient (Wildman–Crippen LogP) is 4.24. The molecule has 2 heterocycles. The van der Waals surface area contributed by atoms with Crippen molar-refractivity contribution < 1.29 is 23.2 Å². The second kappa shape index (κ2) is 11.2. The summed E-state index contributed by atoms with van der Waals surface area (Å²) in [7, 11) is 0. The van der Waals surface area contributed by atoms with Crippen molar-refractivity contribution >= 4 is 17.7 Å². The van der Waals surface area contributed by atoms with Gasteiger partial charge in [0.15, 0.2) is 0 Å². The summed E-state index contributed by atoms with van der Waals surface area (Å²) in [6.45, 7) is 8.54. The van der Waals surface area contributed by atoms with E-state index in [1.165, 1.54) is 12.3 Å². The van der Waals surface area contributed by atoms with Crippen LogP contribution in [0.15, 0.2) is 24.4 Å². The van der Waals surface area contributed by atoms with Crippen molar-refractivity contribution in [2.45, 2.75) is 84.3 Å². The molecule has 2 aromatic rings. The summed E-state index contributed by atoms with van der Waals surface area (Å²) < 4.78 is 27.5. The molecule has 2 unspecified atom stereocenters. The number of hydrogen-bond donors (Lipinski definition) is 3. The molecule has 0 radical (unpaired) electrons. The van der Waals surface area contributed by atoms with Gasteiger partial charge in [0, 0.05) is 30.1 Å². The Morgan fingerprint density at radius 2 is 1.92 bits per heavy atom. The molecule has 1 saturated carbocycles. The van der Waals surface area contributed by atoms with E-state index < -0.39 is 29.6 Å². The SMILES string of the molecule is CC(NC(=O)C(CC(=O)N1CCCC[C@@H]1C)NC(=O)C1CC(C)(C)C1)c1ncc(-c2ccc(F)cc2F)[nH]1. The number of H-pyrrole nitrogens is 1. The molecular weight excluding hydrogens is 492 g/mol. The Balaban J connectivity index is 1.45. The van der Waals surface area contributed by atoms with E-state index in [4.69, 9.17) is 0 Å². The van der Waals surface area contributed by atoms with E-state index in [2.05, 4.69) is 34.4 Å². The fraction of sp³-hybridized carbons (Fsp3) is 0.571. The number of aromatic nitrogens is 2. The minimum atomic E-state index is -1.03. The van der Waals surface area contributed by atoms with Gasteiger partial charge in [0.05, 0.1) is 24.4 Å². The highest BCUT2D eigenvalue weighted by molar-refractivity contribution is 5.93. The van der Waals surface area contributed by atoms with Crippen molar-refractivity contribution in [3.63, 3.8) is 0 Å². The molecule has 4 rings (SSSR count). The normalized spacial score (nSPS) is 20.8. The minimum absolute atomic E-state index is 0.0916. The van der Waals surface area contributed by atoms with E-state index in [-0.39, 0.29) is 41.2 Å². The monoisotopic (exact) mass is 529 g/mol. The zero-order valence-electron chi connectivity index (χ0n) is 22.4. The van der Waals surface area contributed by atoms with Crippen LogP contribution in [0.2, 0.25) is 0 Å². The van der Waals surface area contributed by atoms with Crippen LogP contribution in [0, 0.1) is 23.0 Å². The molecule has 1 saturated heterocycles. The number of carbonyl (C=O) groups is 3. The first-order valence-electron chi connectivity index (χ1n) is 13.3. The molecule has 10 heteroatoms. The van der Waals surface area contributed by atoms with Gasteiger partial charge in [-0.25, -0.2) is 13.8 Å². The number of carbonyl (C=O) groups excluding carboxylic acids is 3. The summed E-state index contributed by atoms with van der Waals surface area (Å²) >= 11 is 0. The molecule has 3 amide bonds. The molecule has 1 aromatic heterocycles. The van der Waals surface area contributed by atoms with Gasteiger partial charge in [0.25, 0.3) is 0 Å². The summed E-state index contributed by atoms with van der Waals surface area (Å²) in [5, 5.41) is 5.66. The number of hydrogen-bond acceptors (Lipinski definition) is 4. The van der Waals surface area contributed by atoms with Crippen LogP contribution in [0.25, 0.3) is 11.3 Å². The van der Waals surface area contributed by atoms with Crippen LogP contribution in [-0.4, -0.2) is 51.2 Å². The maximum absolute atomic E-state index is 14.2. The first kappa shape index (κ1) is 27.7. The second-order valence-electron chi connectivity index (χ2n) is 11.5. The van der Waals surface area contributed by atoms with Crippen LogP contribution in [-0.2, 0) is 14.4 Å². The summed E-state index contributed by atoms with van der Waals surface area (Å²) in [5.41, 5.74) is 0.581. The fourth-order valence-corrected chi connectivity index (χ4v) is 5.50. The number of imidazole rings is 1. The van der Waals surface area contributed by atoms with E-state index in [1.807, 2.05) is 6.92 Å². The lowest BCUT2D eigenvalue weighted by Crippen LogP contribution is -2.54. The van der Waals surface area contributed by atoms with Crippen molar-refractivity contribution in [1.82, 2.24) is 25.5 Å². The standard InChI is InChI=1S/C28H37F2N5O3/c1-16-7-5-6-10-35(16)24(36)12-22(34-26(37)18-13-28(3,4)14-18)27(38)32-17(2)25-31-15-23(33-25)20-9-8-19(29)11-21(20)30/h8-9,11,15-18,22H,5-7,10,12-14H2,1-4H3,(H,31,33)(H,32,38)(H,34,37)/t16-,17?,22?/m0/s1. The number of nitrogens with one attached hydrogen (secondary N) is 3.